The number of rotatable bonds is 9. The van der Waals surface area contributed by atoms with Crippen molar-refractivity contribution in [3.63, 3.8) is 0 Å². The molecule has 1 aromatic rings. The molecule has 1 fully saturated rings. The quantitative estimate of drug-likeness (QED) is 0.610. The molecule has 1 amide bonds. The molecule has 5 atom stereocenters. The van der Waals surface area contributed by atoms with Gasteiger partial charge in [-0.3, -0.25) is 14.4 Å². The van der Waals surface area contributed by atoms with Crippen molar-refractivity contribution in [2.24, 2.45) is 11.8 Å². The molecule has 1 aliphatic rings. The molecular formula is C22H31NO7. The van der Waals surface area contributed by atoms with Gasteiger partial charge in [0.2, 0.25) is 5.91 Å². The highest BCUT2D eigenvalue weighted by Gasteiger charge is 2.43. The normalized spacial score (nSPS) is 25.9. The summed E-state index contributed by atoms with van der Waals surface area (Å²) in [7, 11) is 0. The fourth-order valence-electron chi connectivity index (χ4n) is 3.33. The zero-order valence-corrected chi connectivity index (χ0v) is 18.0. The first-order valence-corrected chi connectivity index (χ1v) is 10.1. The molecule has 1 aromatic carbocycles. The monoisotopic (exact) mass is 421 g/mol. The SMILES string of the molecule is CC(=O)N[C@H]1[C@H](OCCC(=O)OCc2ccccc2)O[C@H](COC(C)=O)[C@H](C)[C@@H]1C. The standard InChI is InChI=1S/C22H31NO7/c1-14-15(2)21(23-16(3)24)22(30-19(14)13-28-17(4)25)27-11-10-20(26)29-12-18-8-6-5-7-9-18/h5-9,14-15,19,21-22H,10-13H2,1-4H3,(H,23,24)/t14-,15+,19-,21-,22-/m1/s1. The summed E-state index contributed by atoms with van der Waals surface area (Å²) in [6, 6.07) is 9.02. The molecule has 0 saturated carbocycles. The highest BCUT2D eigenvalue weighted by atomic mass is 16.7. The first kappa shape index (κ1) is 23.8. The third-order valence-corrected chi connectivity index (χ3v) is 5.24. The maximum atomic E-state index is 12.0. The van der Waals surface area contributed by atoms with Gasteiger partial charge in [-0.1, -0.05) is 44.2 Å². The molecule has 2 rings (SSSR count). The van der Waals surface area contributed by atoms with Gasteiger partial charge < -0.3 is 24.3 Å². The van der Waals surface area contributed by atoms with E-state index in [9.17, 15) is 14.4 Å². The molecule has 30 heavy (non-hydrogen) atoms. The first-order chi connectivity index (χ1) is 14.3. The molecule has 8 nitrogen and oxygen atoms in total. The third kappa shape index (κ3) is 7.42. The molecule has 0 aliphatic carbocycles. The van der Waals surface area contributed by atoms with Gasteiger partial charge in [0.15, 0.2) is 6.29 Å². The Morgan fingerprint density at radius 1 is 1.03 bits per heavy atom. The average Bonchev–Trinajstić information content (AvgIpc) is 2.71. The second-order valence-corrected chi connectivity index (χ2v) is 7.56. The van der Waals surface area contributed by atoms with Crippen LogP contribution >= 0.6 is 0 Å². The molecule has 1 aliphatic heterocycles. The second kappa shape index (κ2) is 11.7. The molecule has 1 saturated heterocycles. The number of amides is 1. The summed E-state index contributed by atoms with van der Waals surface area (Å²) in [6.07, 6.45) is -1.08. The van der Waals surface area contributed by atoms with Crippen LogP contribution in [-0.2, 0) is 39.9 Å². The highest BCUT2D eigenvalue weighted by molar-refractivity contribution is 5.73. The van der Waals surface area contributed by atoms with Crippen LogP contribution in [0.2, 0.25) is 0 Å². The van der Waals surface area contributed by atoms with Crippen molar-refractivity contribution in [1.29, 1.82) is 0 Å². The van der Waals surface area contributed by atoms with Crippen molar-refractivity contribution in [2.75, 3.05) is 13.2 Å². The molecule has 0 bridgehead atoms. The molecule has 1 N–H and O–H groups in total. The molecule has 166 valence electrons. The Balaban J connectivity index is 1.89. The van der Waals surface area contributed by atoms with E-state index in [2.05, 4.69) is 5.32 Å². The number of nitrogens with one attached hydrogen (secondary N) is 1. The van der Waals surface area contributed by atoms with Crippen LogP contribution in [0.5, 0.6) is 0 Å². The number of hydrogen-bond donors (Lipinski definition) is 1. The second-order valence-electron chi connectivity index (χ2n) is 7.56. The van der Waals surface area contributed by atoms with E-state index >= 15 is 0 Å². The van der Waals surface area contributed by atoms with Crippen molar-refractivity contribution in [3.05, 3.63) is 35.9 Å². The summed E-state index contributed by atoms with van der Waals surface area (Å²) in [5, 5.41) is 2.87. The maximum absolute atomic E-state index is 12.0. The van der Waals surface area contributed by atoms with E-state index in [1.807, 2.05) is 44.2 Å². The van der Waals surface area contributed by atoms with E-state index in [4.69, 9.17) is 18.9 Å². The Bertz CT molecular complexity index is 707. The smallest absolute Gasteiger partial charge is 0.308 e. The highest BCUT2D eigenvalue weighted by Crippen LogP contribution is 2.31. The lowest BCUT2D eigenvalue weighted by Crippen LogP contribution is -2.58. The largest absolute Gasteiger partial charge is 0.463 e. The van der Waals surface area contributed by atoms with Crippen LogP contribution in [0.3, 0.4) is 0 Å². The van der Waals surface area contributed by atoms with Crippen LogP contribution in [0.1, 0.15) is 39.7 Å². The van der Waals surface area contributed by atoms with Crippen molar-refractivity contribution >= 4 is 17.8 Å². The van der Waals surface area contributed by atoms with Crippen LogP contribution in [-0.4, -0.2) is 49.5 Å². The summed E-state index contributed by atoms with van der Waals surface area (Å²) in [6.45, 7) is 7.12. The van der Waals surface area contributed by atoms with Gasteiger partial charge in [-0.2, -0.15) is 0 Å². The van der Waals surface area contributed by atoms with E-state index in [0.717, 1.165) is 5.56 Å². The van der Waals surface area contributed by atoms with Gasteiger partial charge in [-0.05, 0) is 17.4 Å². The summed E-state index contributed by atoms with van der Waals surface area (Å²) < 4.78 is 22.1. The zero-order valence-electron chi connectivity index (χ0n) is 18.0. The van der Waals surface area contributed by atoms with E-state index < -0.39 is 6.29 Å². The van der Waals surface area contributed by atoms with Crippen LogP contribution < -0.4 is 5.32 Å². The number of benzene rings is 1. The van der Waals surface area contributed by atoms with Gasteiger partial charge in [0.05, 0.1) is 25.2 Å². The fourth-order valence-corrected chi connectivity index (χ4v) is 3.33. The Morgan fingerprint density at radius 3 is 2.37 bits per heavy atom. The third-order valence-electron chi connectivity index (χ3n) is 5.24. The number of carbonyl (C=O) groups is 3. The van der Waals surface area contributed by atoms with Crippen LogP contribution in [0, 0.1) is 11.8 Å². The minimum atomic E-state index is -0.761. The van der Waals surface area contributed by atoms with Crippen molar-refractivity contribution in [3.8, 4) is 0 Å². The number of esters is 2. The molecule has 0 radical (unpaired) electrons. The summed E-state index contributed by atoms with van der Waals surface area (Å²) in [5.74, 6) is -0.934. The lowest BCUT2D eigenvalue weighted by molar-refractivity contribution is -0.244. The Hall–Kier alpha value is -2.45. The zero-order chi connectivity index (χ0) is 22.1. The topological polar surface area (TPSA) is 100 Å². The molecule has 8 heteroatoms. The van der Waals surface area contributed by atoms with Crippen LogP contribution in [0.25, 0.3) is 0 Å². The van der Waals surface area contributed by atoms with Crippen molar-refractivity contribution in [1.82, 2.24) is 5.32 Å². The number of ether oxygens (including phenoxy) is 4. The Kier molecular flexibility index (Phi) is 9.26. The lowest BCUT2D eigenvalue weighted by Gasteiger charge is -2.44. The predicted molar refractivity (Wildman–Crippen MR) is 108 cm³/mol. The van der Waals surface area contributed by atoms with E-state index in [1.165, 1.54) is 13.8 Å². The first-order valence-electron chi connectivity index (χ1n) is 10.1. The van der Waals surface area contributed by atoms with E-state index in [-0.39, 0.29) is 68.1 Å². The summed E-state index contributed by atoms with van der Waals surface area (Å²) >= 11 is 0. The molecule has 0 aromatic heterocycles. The van der Waals surface area contributed by atoms with Gasteiger partial charge >= 0.3 is 11.9 Å². The van der Waals surface area contributed by atoms with E-state index in [0.29, 0.717) is 0 Å². The van der Waals surface area contributed by atoms with Gasteiger partial charge in [0.25, 0.3) is 0 Å². The van der Waals surface area contributed by atoms with Crippen LogP contribution in [0.15, 0.2) is 30.3 Å². The Morgan fingerprint density at radius 2 is 1.73 bits per heavy atom. The molecule has 0 unspecified atom stereocenters. The van der Waals surface area contributed by atoms with Crippen molar-refractivity contribution in [2.45, 2.75) is 59.2 Å². The minimum Gasteiger partial charge on any atom is -0.463 e. The number of hydrogen-bond acceptors (Lipinski definition) is 7. The minimum absolute atomic E-state index is 0.0123. The molecule has 1 heterocycles. The average molecular weight is 421 g/mol. The maximum Gasteiger partial charge on any atom is 0.308 e. The van der Waals surface area contributed by atoms with Crippen LogP contribution in [0.4, 0.5) is 0 Å². The van der Waals surface area contributed by atoms with Gasteiger partial charge in [-0.25, -0.2) is 0 Å². The van der Waals surface area contributed by atoms with Gasteiger partial charge in [-0.15, -0.1) is 0 Å². The summed E-state index contributed by atoms with van der Waals surface area (Å²) in [4.78, 5) is 34.8. The molecule has 0 spiro atoms. The molecular weight excluding hydrogens is 390 g/mol. The summed E-state index contributed by atoms with van der Waals surface area (Å²) in [5.41, 5.74) is 0.907. The van der Waals surface area contributed by atoms with Gasteiger partial charge in [0.1, 0.15) is 13.2 Å². The van der Waals surface area contributed by atoms with Crippen molar-refractivity contribution < 1.29 is 33.3 Å². The lowest BCUT2D eigenvalue weighted by atomic mass is 9.82. The number of carbonyl (C=O) groups excluding carboxylic acids is 3. The van der Waals surface area contributed by atoms with Gasteiger partial charge in [0, 0.05) is 13.8 Å². The fraction of sp³-hybridized carbons (Fsp3) is 0.591. The predicted octanol–water partition coefficient (Wildman–Crippen LogP) is 2.20. The van der Waals surface area contributed by atoms with E-state index in [1.54, 1.807) is 0 Å². The Labute approximate surface area is 177 Å².